The normalized spacial score (nSPS) is 22.0. The van der Waals surface area contributed by atoms with E-state index >= 15 is 0 Å². The average molecular weight is 200 g/mol. The van der Waals surface area contributed by atoms with Crippen molar-refractivity contribution < 1.29 is 5.21 Å². The minimum Gasteiger partial charge on any atom is -0.368 e. The second-order valence-electron chi connectivity index (χ2n) is 3.84. The maximum absolute atomic E-state index is 8.47. The molecule has 1 fully saturated rings. The van der Waals surface area contributed by atoms with E-state index in [1.54, 1.807) is 0 Å². The summed E-state index contributed by atoms with van der Waals surface area (Å²) in [6.07, 6.45) is 3.91. The zero-order chi connectivity index (χ0) is 10.4. The van der Waals surface area contributed by atoms with Gasteiger partial charge in [-0.1, -0.05) is 6.42 Å². The molecule has 82 valence electrons. The van der Waals surface area contributed by atoms with Crippen molar-refractivity contribution in [2.45, 2.75) is 32.2 Å². The van der Waals surface area contributed by atoms with E-state index in [0.717, 1.165) is 19.6 Å². The van der Waals surface area contributed by atoms with Gasteiger partial charge in [-0.25, -0.2) is 10.5 Å². The van der Waals surface area contributed by atoms with E-state index in [-0.39, 0.29) is 12.0 Å². The van der Waals surface area contributed by atoms with Crippen LogP contribution in [0.4, 0.5) is 0 Å². The van der Waals surface area contributed by atoms with Gasteiger partial charge >= 0.3 is 0 Å². The Morgan fingerprint density at radius 2 is 2.14 bits per heavy atom. The maximum atomic E-state index is 8.47. The lowest BCUT2D eigenvalue weighted by molar-refractivity contribution is 0.216. The Kier molecular flexibility index (Phi) is 4.69. The zero-order valence-corrected chi connectivity index (χ0v) is 8.74. The minimum absolute atomic E-state index is 0.0921. The van der Waals surface area contributed by atoms with Crippen molar-refractivity contribution in [3.05, 3.63) is 0 Å². The quantitative estimate of drug-likeness (QED) is 0.344. The van der Waals surface area contributed by atoms with E-state index in [9.17, 15) is 0 Å². The average Bonchev–Trinajstić information content (AvgIpc) is 2.19. The minimum atomic E-state index is 0.0921. The number of piperidine rings is 1. The summed E-state index contributed by atoms with van der Waals surface area (Å²) in [5.41, 5.74) is 7.19. The van der Waals surface area contributed by atoms with Gasteiger partial charge in [0, 0.05) is 6.54 Å². The summed E-state index contributed by atoms with van der Waals surface area (Å²) in [4.78, 5) is 6.47. The fourth-order valence-electron chi connectivity index (χ4n) is 1.82. The molecule has 1 aliphatic rings. The molecule has 0 aromatic rings. The van der Waals surface area contributed by atoms with Crippen LogP contribution in [0.25, 0.3) is 0 Å². The monoisotopic (exact) mass is 200 g/mol. The molecule has 0 aromatic carbocycles. The summed E-state index contributed by atoms with van der Waals surface area (Å²) in [5.74, 6) is 0.0921. The lowest BCUT2D eigenvalue weighted by Crippen LogP contribution is -2.37. The number of guanidine groups is 1. The Labute approximate surface area is 84.9 Å². The van der Waals surface area contributed by atoms with Gasteiger partial charge in [0.15, 0.2) is 0 Å². The highest BCUT2D eigenvalue weighted by Gasteiger charge is 2.12. The van der Waals surface area contributed by atoms with E-state index in [4.69, 9.17) is 10.9 Å². The Balaban J connectivity index is 2.28. The molecule has 1 saturated heterocycles. The number of nitrogens with zero attached hydrogens (tertiary/aromatic N) is 2. The van der Waals surface area contributed by atoms with Gasteiger partial charge in [-0.3, -0.25) is 5.21 Å². The Hall–Kier alpha value is -0.810. The molecule has 0 saturated carbocycles. The summed E-state index contributed by atoms with van der Waals surface area (Å²) in [6.45, 7) is 5.24. The van der Waals surface area contributed by atoms with Crippen LogP contribution in [0.5, 0.6) is 0 Å². The van der Waals surface area contributed by atoms with Gasteiger partial charge in [0.1, 0.15) is 0 Å². The van der Waals surface area contributed by atoms with Crippen LogP contribution in [-0.4, -0.2) is 41.7 Å². The van der Waals surface area contributed by atoms with Crippen LogP contribution in [-0.2, 0) is 0 Å². The number of nitrogens with two attached hydrogens (primary N) is 1. The third-order valence-corrected chi connectivity index (χ3v) is 2.45. The van der Waals surface area contributed by atoms with Gasteiger partial charge in [0.05, 0.1) is 6.04 Å². The number of likely N-dealkylation sites (tertiary alicyclic amines) is 1. The molecule has 0 aliphatic carbocycles. The van der Waals surface area contributed by atoms with Crippen molar-refractivity contribution in [2.24, 2.45) is 10.7 Å². The largest absolute Gasteiger partial charge is 0.368 e. The number of rotatable bonds is 3. The highest BCUT2D eigenvalue weighted by Crippen LogP contribution is 2.09. The predicted octanol–water partition coefficient (Wildman–Crippen LogP) is 0.154. The van der Waals surface area contributed by atoms with Crippen molar-refractivity contribution in [1.29, 1.82) is 0 Å². The molecule has 0 amide bonds. The first-order valence-corrected chi connectivity index (χ1v) is 5.18. The van der Waals surface area contributed by atoms with Gasteiger partial charge in [-0.2, -0.15) is 0 Å². The van der Waals surface area contributed by atoms with E-state index in [0.29, 0.717) is 0 Å². The summed E-state index contributed by atoms with van der Waals surface area (Å²) >= 11 is 0. The second kappa shape index (κ2) is 5.82. The Bertz CT molecular complexity index is 189. The molecule has 0 radical (unpaired) electrons. The van der Waals surface area contributed by atoms with Crippen molar-refractivity contribution in [3.8, 4) is 0 Å². The van der Waals surface area contributed by atoms with Crippen LogP contribution in [0.15, 0.2) is 4.99 Å². The number of hydroxylamine groups is 1. The summed E-state index contributed by atoms with van der Waals surface area (Å²) < 4.78 is 0. The predicted molar refractivity (Wildman–Crippen MR) is 56.3 cm³/mol. The highest BCUT2D eigenvalue weighted by molar-refractivity contribution is 5.76. The lowest BCUT2D eigenvalue weighted by atomic mass is 10.1. The van der Waals surface area contributed by atoms with Gasteiger partial charge in [-0.05, 0) is 32.9 Å². The third-order valence-electron chi connectivity index (χ3n) is 2.45. The Morgan fingerprint density at radius 1 is 1.50 bits per heavy atom. The molecular weight excluding hydrogens is 180 g/mol. The van der Waals surface area contributed by atoms with Gasteiger partial charge in [-0.15, -0.1) is 0 Å². The molecule has 5 heteroatoms. The summed E-state index contributed by atoms with van der Waals surface area (Å²) in [5, 5.41) is 8.47. The van der Waals surface area contributed by atoms with Crippen LogP contribution in [0.1, 0.15) is 26.2 Å². The number of aliphatic imine (C=N–C) groups is 1. The topological polar surface area (TPSA) is 73.9 Å². The van der Waals surface area contributed by atoms with Crippen LogP contribution < -0.4 is 11.2 Å². The van der Waals surface area contributed by atoms with Crippen LogP contribution >= 0.6 is 0 Å². The maximum Gasteiger partial charge on any atom is 0.213 e. The van der Waals surface area contributed by atoms with Crippen molar-refractivity contribution in [2.75, 3.05) is 19.6 Å². The molecule has 4 N–H and O–H groups in total. The molecule has 1 heterocycles. The molecule has 1 atom stereocenters. The molecular formula is C9H20N4O. The van der Waals surface area contributed by atoms with Gasteiger partial charge in [0.25, 0.3) is 0 Å². The molecule has 0 spiro atoms. The van der Waals surface area contributed by atoms with E-state index in [1.807, 2.05) is 12.4 Å². The first kappa shape index (κ1) is 11.3. The molecule has 1 rings (SSSR count). The molecule has 1 unspecified atom stereocenters. The Morgan fingerprint density at radius 3 is 2.71 bits per heavy atom. The number of nitrogens with one attached hydrogen (secondary N) is 1. The molecule has 0 bridgehead atoms. The van der Waals surface area contributed by atoms with Crippen molar-refractivity contribution in [1.82, 2.24) is 10.4 Å². The SMILES string of the molecule is CC(CN1CCCCC1)N=C(N)NO. The van der Waals surface area contributed by atoms with Crippen LogP contribution in [0.3, 0.4) is 0 Å². The van der Waals surface area contributed by atoms with Crippen molar-refractivity contribution >= 4 is 5.96 Å². The smallest absolute Gasteiger partial charge is 0.213 e. The first-order valence-electron chi connectivity index (χ1n) is 5.18. The zero-order valence-electron chi connectivity index (χ0n) is 8.74. The highest BCUT2D eigenvalue weighted by atomic mass is 16.5. The number of hydrogen-bond acceptors (Lipinski definition) is 3. The summed E-state index contributed by atoms with van der Waals surface area (Å²) in [7, 11) is 0. The second-order valence-corrected chi connectivity index (χ2v) is 3.84. The fourth-order valence-corrected chi connectivity index (χ4v) is 1.82. The van der Waals surface area contributed by atoms with E-state index < -0.39 is 0 Å². The fraction of sp³-hybridized carbons (Fsp3) is 0.889. The van der Waals surface area contributed by atoms with Gasteiger partial charge in [0.2, 0.25) is 5.96 Å². The number of hydrogen-bond donors (Lipinski definition) is 3. The molecule has 0 aromatic heterocycles. The van der Waals surface area contributed by atoms with E-state index in [1.165, 1.54) is 19.3 Å². The standard InChI is InChI=1S/C9H20N4O/c1-8(11-9(10)12-14)7-13-5-3-2-4-6-13/h8,14H,2-7H2,1H3,(H3,10,11,12). The third kappa shape index (κ3) is 3.93. The van der Waals surface area contributed by atoms with Gasteiger partial charge < -0.3 is 10.6 Å². The molecule has 1 aliphatic heterocycles. The molecule has 14 heavy (non-hydrogen) atoms. The summed E-state index contributed by atoms with van der Waals surface area (Å²) in [6, 6.07) is 0.132. The van der Waals surface area contributed by atoms with Crippen LogP contribution in [0.2, 0.25) is 0 Å². The first-order chi connectivity index (χ1) is 6.72. The van der Waals surface area contributed by atoms with Crippen LogP contribution in [0, 0.1) is 0 Å². The molecule has 5 nitrogen and oxygen atoms in total. The lowest BCUT2D eigenvalue weighted by Gasteiger charge is -2.27. The van der Waals surface area contributed by atoms with Crippen molar-refractivity contribution in [3.63, 3.8) is 0 Å². The van der Waals surface area contributed by atoms with E-state index in [2.05, 4.69) is 9.89 Å².